The van der Waals surface area contributed by atoms with Crippen molar-refractivity contribution in [3.8, 4) is 0 Å². The third-order valence-corrected chi connectivity index (χ3v) is 7.58. The van der Waals surface area contributed by atoms with Crippen molar-refractivity contribution in [2.45, 2.75) is 174 Å². The molecule has 0 unspecified atom stereocenters. The van der Waals surface area contributed by atoms with Gasteiger partial charge in [0.05, 0.1) is 14.4 Å². The Morgan fingerprint density at radius 3 is 1.27 bits per heavy atom. The van der Waals surface area contributed by atoms with Gasteiger partial charge < -0.3 is 28.3 Å². The van der Waals surface area contributed by atoms with Gasteiger partial charge in [0.1, 0.15) is 6.61 Å². The molecule has 0 aromatic heterocycles. The first-order chi connectivity index (χ1) is 19.3. The molecule has 0 fully saturated rings. The number of phosphoric ester groups is 1. The number of rotatable bonds is 30. The van der Waals surface area contributed by atoms with Crippen LogP contribution in [-0.4, -0.2) is 69.0 Å². The normalized spacial score (nSPS) is 12.1. The van der Waals surface area contributed by atoms with Crippen molar-refractivity contribution in [3.63, 3.8) is 0 Å². The van der Waals surface area contributed by atoms with E-state index in [1.165, 1.54) is 96.3 Å². The Hall–Kier alpha value is 0.310. The first kappa shape index (κ1) is 43.4. The van der Waals surface area contributed by atoms with Gasteiger partial charge in [0, 0.05) is 12.8 Å². The number of carbonyl (C=O) groups excluding carboxylic acids is 2. The van der Waals surface area contributed by atoms with Gasteiger partial charge in [-0.15, -0.1) is 0 Å². The average molecular weight is 631 g/mol. The molecule has 0 aliphatic rings. The van der Waals surface area contributed by atoms with Crippen LogP contribution in [0.3, 0.4) is 0 Å². The smallest absolute Gasteiger partial charge is 0.790 e. The van der Waals surface area contributed by atoms with Crippen LogP contribution in [0.4, 0.5) is 0 Å². The van der Waals surface area contributed by atoms with E-state index in [1.807, 2.05) is 0 Å². The molecule has 0 radical (unpaired) electrons. The topological polar surface area (TPSA) is 125 Å². The van der Waals surface area contributed by atoms with Crippen LogP contribution < -0.4 is 9.79 Å². The van der Waals surface area contributed by atoms with E-state index in [4.69, 9.17) is 9.47 Å². The minimum Gasteiger partial charge on any atom is -0.790 e. The van der Waals surface area contributed by atoms with Crippen LogP contribution in [-0.2, 0) is 28.2 Å². The van der Waals surface area contributed by atoms with Gasteiger partial charge in [-0.3, -0.25) is 9.59 Å². The minimum absolute atomic E-state index is 0. The Labute approximate surface area is 281 Å². The summed E-state index contributed by atoms with van der Waals surface area (Å²) >= 11 is 0. The maximum atomic E-state index is 12.2. The fourth-order valence-corrected chi connectivity index (χ4v) is 5.01. The minimum atomic E-state index is -5.23. The zero-order chi connectivity index (χ0) is 29.7. The largest absolute Gasteiger partial charge is 2.00 e. The summed E-state index contributed by atoms with van der Waals surface area (Å²) in [5.41, 5.74) is 0. The molecule has 8 nitrogen and oxygen atoms in total. The molecule has 10 heteroatoms. The first-order valence-corrected chi connectivity index (χ1v) is 17.8. The van der Waals surface area contributed by atoms with Crippen molar-refractivity contribution in [2.75, 3.05) is 13.2 Å². The quantitative estimate of drug-likeness (QED) is 0.0350. The van der Waals surface area contributed by atoms with Crippen LogP contribution in [0.2, 0.25) is 0 Å². The molecule has 0 aromatic rings. The van der Waals surface area contributed by atoms with Crippen LogP contribution in [0.5, 0.6) is 0 Å². The molecule has 1 atom stereocenters. The van der Waals surface area contributed by atoms with Gasteiger partial charge in [-0.2, -0.15) is 0 Å². The van der Waals surface area contributed by atoms with E-state index in [0.29, 0.717) is 12.8 Å². The second-order valence-corrected chi connectivity index (χ2v) is 12.3. The van der Waals surface area contributed by atoms with Gasteiger partial charge in [-0.25, -0.2) is 0 Å². The van der Waals surface area contributed by atoms with Crippen molar-refractivity contribution in [2.24, 2.45) is 0 Å². The molecule has 0 bridgehead atoms. The van der Waals surface area contributed by atoms with Crippen molar-refractivity contribution >= 4 is 57.5 Å². The van der Waals surface area contributed by atoms with Crippen LogP contribution in [0.25, 0.3) is 0 Å². The van der Waals surface area contributed by atoms with E-state index in [0.717, 1.165) is 32.1 Å². The number of phosphoric acid groups is 1. The Balaban J connectivity index is 0. The van der Waals surface area contributed by atoms with Crippen LogP contribution in [0, 0.1) is 0 Å². The molecular weight excluding hydrogens is 571 g/mol. The van der Waals surface area contributed by atoms with Crippen LogP contribution >= 0.6 is 7.82 Å². The summed E-state index contributed by atoms with van der Waals surface area (Å²) in [6, 6.07) is 0. The van der Waals surface area contributed by atoms with Gasteiger partial charge in [-0.1, -0.05) is 142 Å². The molecular formula is C31H59CaO8P. The van der Waals surface area contributed by atoms with Crippen LogP contribution in [0.1, 0.15) is 168 Å². The monoisotopic (exact) mass is 630 g/mol. The molecule has 0 aromatic carbocycles. The van der Waals surface area contributed by atoms with E-state index < -0.39 is 32.5 Å². The van der Waals surface area contributed by atoms with Crippen LogP contribution in [0.15, 0.2) is 0 Å². The number of ether oxygens (including phenoxy) is 2. The fourth-order valence-electron chi connectivity index (χ4n) is 4.66. The van der Waals surface area contributed by atoms with E-state index in [1.54, 1.807) is 0 Å². The number of esters is 2. The zero-order valence-electron chi connectivity index (χ0n) is 26.4. The molecule has 0 rings (SSSR count). The summed E-state index contributed by atoms with van der Waals surface area (Å²) in [5, 5.41) is 0. The maximum Gasteiger partial charge on any atom is 2.00 e. The van der Waals surface area contributed by atoms with E-state index in [9.17, 15) is 23.9 Å². The molecule has 41 heavy (non-hydrogen) atoms. The Morgan fingerprint density at radius 1 is 0.561 bits per heavy atom. The summed E-state index contributed by atoms with van der Waals surface area (Å²) in [7, 11) is -5.23. The molecule has 0 saturated heterocycles. The summed E-state index contributed by atoms with van der Waals surface area (Å²) in [4.78, 5) is 46.1. The summed E-state index contributed by atoms with van der Waals surface area (Å²) in [6.07, 6.45) is 25.0. The van der Waals surface area contributed by atoms with E-state index in [-0.39, 0.29) is 57.2 Å². The van der Waals surface area contributed by atoms with Gasteiger partial charge in [0.2, 0.25) is 0 Å². The van der Waals surface area contributed by atoms with E-state index in [2.05, 4.69) is 18.4 Å². The molecule has 238 valence electrons. The Kier molecular flexibility index (Phi) is 33.6. The number of unbranched alkanes of at least 4 members (excludes halogenated alkanes) is 20. The molecule has 0 N–H and O–H groups in total. The standard InChI is InChI=1S/C31H61O8P.Ca/c1-3-5-7-9-11-13-15-17-19-21-23-25-30(32)37-27-29(28-38-40(34,35)36)39-31(33)26-24-22-20-18-16-14-12-10-8-6-4-2;/h29H,3-28H2,1-2H3,(H2,34,35,36);/q;+2/p-2/t29-;/m1./s1. The maximum absolute atomic E-state index is 12.2. The van der Waals surface area contributed by atoms with Crippen molar-refractivity contribution < 1.29 is 37.9 Å². The second-order valence-electron chi connectivity index (χ2n) is 11.1. The summed E-state index contributed by atoms with van der Waals surface area (Å²) in [5.74, 6) is -0.952. The van der Waals surface area contributed by atoms with Gasteiger partial charge >= 0.3 is 49.7 Å². The van der Waals surface area contributed by atoms with Gasteiger partial charge in [0.15, 0.2) is 6.10 Å². The second kappa shape index (κ2) is 31.7. The first-order valence-electron chi connectivity index (χ1n) is 16.3. The van der Waals surface area contributed by atoms with Crippen molar-refractivity contribution in [1.82, 2.24) is 0 Å². The van der Waals surface area contributed by atoms with E-state index >= 15 is 0 Å². The third kappa shape index (κ3) is 34.7. The molecule has 0 amide bonds. The van der Waals surface area contributed by atoms with Gasteiger partial charge in [-0.05, 0) is 12.8 Å². The summed E-state index contributed by atoms with van der Waals surface area (Å²) < 4.78 is 25.6. The molecule has 0 saturated carbocycles. The Bertz CT molecular complexity index is 644. The molecule has 0 spiro atoms. The molecule has 0 heterocycles. The molecule has 0 aliphatic carbocycles. The number of carbonyl (C=O) groups is 2. The Morgan fingerprint density at radius 2 is 0.902 bits per heavy atom. The van der Waals surface area contributed by atoms with Gasteiger partial charge in [0.25, 0.3) is 0 Å². The summed E-state index contributed by atoms with van der Waals surface area (Å²) in [6.45, 7) is 3.46. The van der Waals surface area contributed by atoms with Crippen molar-refractivity contribution in [3.05, 3.63) is 0 Å². The average Bonchev–Trinajstić information content (AvgIpc) is 2.91. The fraction of sp³-hybridized carbons (Fsp3) is 0.935. The number of hydrogen-bond acceptors (Lipinski definition) is 8. The third-order valence-electron chi connectivity index (χ3n) is 7.12. The predicted octanol–water partition coefficient (Wildman–Crippen LogP) is 7.31. The predicted molar refractivity (Wildman–Crippen MR) is 162 cm³/mol. The van der Waals surface area contributed by atoms with Crippen molar-refractivity contribution in [1.29, 1.82) is 0 Å². The SMILES string of the molecule is CCCCCCCCCCCCCC(=O)OC[C@H](COP(=O)([O-])[O-])OC(=O)CCCCCCCCCCCCC.[Ca+2]. The number of hydrogen-bond donors (Lipinski definition) is 0. The zero-order valence-corrected chi connectivity index (χ0v) is 29.5. The molecule has 0 aliphatic heterocycles.